The van der Waals surface area contributed by atoms with Gasteiger partial charge < -0.3 is 20.1 Å². The number of Topliss-reactive ketones (excluding diaryl/α,β-unsaturated/α-hetero) is 2. The number of rotatable bonds is 2. The Morgan fingerprint density at radius 1 is 1.30 bits per heavy atom. The number of aliphatic hydroxyl groups excluding tert-OH is 1. The van der Waals surface area contributed by atoms with Crippen molar-refractivity contribution in [1.82, 2.24) is 0 Å². The minimum Gasteiger partial charge on any atom is -0.507 e. The van der Waals surface area contributed by atoms with Crippen LogP contribution in [0.25, 0.3) is 0 Å². The molecule has 122 valence electrons. The molecule has 2 aliphatic rings. The standard InChI is InChI=1S/C17H18O6/c1-3-23-8-6-10-12(11(18)7-8)14(19)9-4-5-17(2,22)16(21)13(9)15(10)20/h6-7,16,18,21-22H,3-5H2,1-2H3/t16-,17-/m1/s1. The summed E-state index contributed by atoms with van der Waals surface area (Å²) in [6.45, 7) is 3.53. The zero-order valence-electron chi connectivity index (χ0n) is 12.9. The molecule has 0 saturated carbocycles. The van der Waals surface area contributed by atoms with Gasteiger partial charge in [0.1, 0.15) is 17.6 Å². The molecule has 6 nitrogen and oxygen atoms in total. The van der Waals surface area contributed by atoms with Crippen molar-refractivity contribution in [3.8, 4) is 11.5 Å². The zero-order valence-corrected chi connectivity index (χ0v) is 12.9. The molecule has 23 heavy (non-hydrogen) atoms. The summed E-state index contributed by atoms with van der Waals surface area (Å²) < 4.78 is 5.29. The molecule has 2 aliphatic carbocycles. The molecule has 0 spiro atoms. The molecule has 0 aromatic heterocycles. The normalized spacial score (nSPS) is 26.9. The average molecular weight is 318 g/mol. The molecule has 0 unspecified atom stereocenters. The molecule has 1 aromatic carbocycles. The van der Waals surface area contributed by atoms with Crippen molar-refractivity contribution < 1.29 is 29.6 Å². The smallest absolute Gasteiger partial charge is 0.194 e. The lowest BCUT2D eigenvalue weighted by Crippen LogP contribution is -2.47. The second-order valence-electron chi connectivity index (χ2n) is 6.11. The quantitative estimate of drug-likeness (QED) is 0.761. The molecule has 3 N–H and O–H groups in total. The van der Waals surface area contributed by atoms with Crippen LogP contribution < -0.4 is 4.74 Å². The number of phenols is 1. The van der Waals surface area contributed by atoms with Crippen molar-refractivity contribution in [3.05, 3.63) is 34.4 Å². The number of aliphatic hydroxyl groups is 2. The minimum absolute atomic E-state index is 0.00560. The molecule has 1 aromatic rings. The average Bonchev–Trinajstić information content (AvgIpc) is 2.47. The number of aromatic hydroxyl groups is 1. The summed E-state index contributed by atoms with van der Waals surface area (Å²) in [7, 11) is 0. The zero-order chi connectivity index (χ0) is 16.9. The molecule has 0 radical (unpaired) electrons. The van der Waals surface area contributed by atoms with Crippen LogP contribution in [0.1, 0.15) is 47.4 Å². The number of phenolic OH excluding ortho intramolecular Hbond substituents is 1. The third-order valence-corrected chi connectivity index (χ3v) is 4.46. The highest BCUT2D eigenvalue weighted by Crippen LogP contribution is 2.42. The highest BCUT2D eigenvalue weighted by molar-refractivity contribution is 6.28. The monoisotopic (exact) mass is 318 g/mol. The van der Waals surface area contributed by atoms with Gasteiger partial charge in [0.05, 0.1) is 17.8 Å². The van der Waals surface area contributed by atoms with E-state index < -0.39 is 23.3 Å². The third-order valence-electron chi connectivity index (χ3n) is 4.46. The number of allylic oxidation sites excluding steroid dienone is 1. The molecule has 0 heterocycles. The molecular formula is C17H18O6. The predicted octanol–water partition coefficient (Wildman–Crippen LogP) is 1.37. The second-order valence-corrected chi connectivity index (χ2v) is 6.11. The number of carbonyl (C=O) groups excluding carboxylic acids is 2. The Morgan fingerprint density at radius 2 is 2.00 bits per heavy atom. The maximum atomic E-state index is 12.8. The topological polar surface area (TPSA) is 104 Å². The maximum absolute atomic E-state index is 12.8. The summed E-state index contributed by atoms with van der Waals surface area (Å²) in [5.41, 5.74) is -1.45. The van der Waals surface area contributed by atoms with Crippen molar-refractivity contribution in [2.24, 2.45) is 0 Å². The van der Waals surface area contributed by atoms with Gasteiger partial charge in [-0.15, -0.1) is 0 Å². The molecule has 0 amide bonds. The van der Waals surface area contributed by atoms with E-state index in [2.05, 4.69) is 0 Å². The van der Waals surface area contributed by atoms with Crippen LogP contribution in [-0.4, -0.2) is 45.2 Å². The van der Waals surface area contributed by atoms with Crippen LogP contribution in [0, 0.1) is 0 Å². The molecule has 6 heteroatoms. The fourth-order valence-electron chi connectivity index (χ4n) is 3.19. The molecular weight excluding hydrogens is 300 g/mol. The van der Waals surface area contributed by atoms with E-state index in [9.17, 15) is 24.9 Å². The Balaban J connectivity index is 2.19. The van der Waals surface area contributed by atoms with Crippen molar-refractivity contribution in [3.63, 3.8) is 0 Å². The first kappa shape index (κ1) is 15.7. The number of ketones is 2. The first-order valence-electron chi connectivity index (χ1n) is 7.50. The summed E-state index contributed by atoms with van der Waals surface area (Å²) in [6.07, 6.45) is -1.09. The van der Waals surface area contributed by atoms with E-state index in [0.717, 1.165) is 0 Å². The molecule has 2 atom stereocenters. The highest BCUT2D eigenvalue weighted by Gasteiger charge is 2.46. The summed E-state index contributed by atoms with van der Waals surface area (Å²) in [4.78, 5) is 25.4. The Kier molecular flexibility index (Phi) is 3.54. The van der Waals surface area contributed by atoms with Crippen LogP contribution in [0.4, 0.5) is 0 Å². The Labute approximate surface area is 133 Å². The van der Waals surface area contributed by atoms with Crippen molar-refractivity contribution in [2.75, 3.05) is 6.61 Å². The Bertz CT molecular complexity index is 744. The Morgan fingerprint density at radius 3 is 2.65 bits per heavy atom. The van der Waals surface area contributed by atoms with E-state index in [1.165, 1.54) is 19.1 Å². The van der Waals surface area contributed by atoms with E-state index in [1.54, 1.807) is 6.92 Å². The van der Waals surface area contributed by atoms with Gasteiger partial charge in [-0.2, -0.15) is 0 Å². The van der Waals surface area contributed by atoms with E-state index in [4.69, 9.17) is 4.74 Å². The highest BCUT2D eigenvalue weighted by atomic mass is 16.5. The molecule has 0 saturated heterocycles. The minimum atomic E-state index is -1.47. The van der Waals surface area contributed by atoms with E-state index >= 15 is 0 Å². The van der Waals surface area contributed by atoms with Gasteiger partial charge in [0.15, 0.2) is 11.6 Å². The van der Waals surface area contributed by atoms with Crippen LogP contribution in [-0.2, 0) is 0 Å². The first-order valence-corrected chi connectivity index (χ1v) is 7.50. The fraction of sp³-hybridized carbons (Fsp3) is 0.412. The molecule has 0 bridgehead atoms. The van der Waals surface area contributed by atoms with Gasteiger partial charge in [-0.1, -0.05) is 0 Å². The van der Waals surface area contributed by atoms with Crippen LogP contribution in [0.3, 0.4) is 0 Å². The maximum Gasteiger partial charge on any atom is 0.194 e. The van der Waals surface area contributed by atoms with Crippen LogP contribution in [0.5, 0.6) is 11.5 Å². The Hall–Kier alpha value is -2.18. The number of carbonyl (C=O) groups is 2. The molecule has 3 rings (SSSR count). The summed E-state index contributed by atoms with van der Waals surface area (Å²) in [6, 6.07) is 2.69. The van der Waals surface area contributed by atoms with Crippen LogP contribution >= 0.6 is 0 Å². The first-order chi connectivity index (χ1) is 10.8. The van der Waals surface area contributed by atoms with Crippen LogP contribution in [0.15, 0.2) is 23.3 Å². The van der Waals surface area contributed by atoms with Crippen LogP contribution in [0.2, 0.25) is 0 Å². The van der Waals surface area contributed by atoms with Crippen molar-refractivity contribution in [1.29, 1.82) is 0 Å². The van der Waals surface area contributed by atoms with E-state index in [0.29, 0.717) is 6.61 Å². The number of fused-ring (bicyclic) bond motifs is 1. The lowest BCUT2D eigenvalue weighted by Gasteiger charge is -2.38. The van der Waals surface area contributed by atoms with Gasteiger partial charge in [0.2, 0.25) is 0 Å². The second kappa shape index (κ2) is 5.18. The lowest BCUT2D eigenvalue weighted by atomic mass is 9.71. The predicted molar refractivity (Wildman–Crippen MR) is 80.8 cm³/mol. The SMILES string of the molecule is CCOc1cc(O)c2c(c1)C(=O)C1=C(CC[C@@](C)(O)[C@@H]1O)C2=O. The lowest BCUT2D eigenvalue weighted by molar-refractivity contribution is -0.0537. The van der Waals surface area contributed by atoms with E-state index in [1.807, 2.05) is 0 Å². The summed E-state index contributed by atoms with van der Waals surface area (Å²) in [5.74, 6) is -1.09. The number of benzene rings is 1. The van der Waals surface area contributed by atoms with E-state index in [-0.39, 0.29) is 46.6 Å². The van der Waals surface area contributed by atoms with Gasteiger partial charge in [-0.25, -0.2) is 0 Å². The van der Waals surface area contributed by atoms with Gasteiger partial charge >= 0.3 is 0 Å². The molecule has 0 fully saturated rings. The van der Waals surface area contributed by atoms with Gasteiger partial charge in [0.25, 0.3) is 0 Å². The van der Waals surface area contributed by atoms with Gasteiger partial charge in [0, 0.05) is 22.8 Å². The van der Waals surface area contributed by atoms with Gasteiger partial charge in [-0.05, 0) is 32.8 Å². The fourth-order valence-corrected chi connectivity index (χ4v) is 3.19. The van der Waals surface area contributed by atoms with Crippen molar-refractivity contribution in [2.45, 2.75) is 38.4 Å². The van der Waals surface area contributed by atoms with Gasteiger partial charge in [-0.3, -0.25) is 9.59 Å². The number of ether oxygens (including phenoxy) is 1. The molecule has 0 aliphatic heterocycles. The number of hydrogen-bond donors (Lipinski definition) is 3. The third kappa shape index (κ3) is 2.26. The number of hydrogen-bond acceptors (Lipinski definition) is 6. The van der Waals surface area contributed by atoms with Crippen molar-refractivity contribution >= 4 is 11.6 Å². The summed E-state index contributed by atoms with van der Waals surface area (Å²) >= 11 is 0. The largest absolute Gasteiger partial charge is 0.507 e. The summed E-state index contributed by atoms with van der Waals surface area (Å²) in [5, 5.41) is 30.6.